The lowest BCUT2D eigenvalue weighted by atomic mass is 10.2. The fourth-order valence-corrected chi connectivity index (χ4v) is 1.57. The van der Waals surface area contributed by atoms with Crippen molar-refractivity contribution in [3.8, 4) is 0 Å². The molecule has 1 fully saturated rings. The Morgan fingerprint density at radius 1 is 1.36 bits per heavy atom. The van der Waals surface area contributed by atoms with Crippen LogP contribution in [0.2, 0.25) is 0 Å². The van der Waals surface area contributed by atoms with Crippen LogP contribution in [-0.2, 0) is 6.42 Å². The summed E-state index contributed by atoms with van der Waals surface area (Å²) in [5, 5.41) is 8.61. The van der Waals surface area contributed by atoms with E-state index in [4.69, 9.17) is 9.52 Å². The highest BCUT2D eigenvalue weighted by atomic mass is 16.3. The second kappa shape index (κ2) is 4.60. The molecule has 3 heteroatoms. The molecule has 0 amide bonds. The number of hydrogen-bond donors (Lipinski definition) is 1. The van der Waals surface area contributed by atoms with E-state index in [9.17, 15) is 0 Å². The molecular formula is C11H17NO2. The fourth-order valence-electron chi connectivity index (χ4n) is 1.57. The Morgan fingerprint density at radius 3 is 2.93 bits per heavy atom. The van der Waals surface area contributed by atoms with E-state index in [1.54, 1.807) is 6.26 Å². The van der Waals surface area contributed by atoms with E-state index in [1.807, 2.05) is 0 Å². The smallest absolute Gasteiger partial charge is 0.194 e. The molecule has 0 spiro atoms. The fraction of sp³-hybridized carbons (Fsp3) is 0.727. The van der Waals surface area contributed by atoms with E-state index < -0.39 is 0 Å². The van der Waals surface area contributed by atoms with Crippen LogP contribution in [0.1, 0.15) is 49.6 Å². The van der Waals surface area contributed by atoms with Crippen molar-refractivity contribution in [1.82, 2.24) is 4.98 Å². The van der Waals surface area contributed by atoms with E-state index >= 15 is 0 Å². The molecule has 1 heterocycles. The van der Waals surface area contributed by atoms with Crippen molar-refractivity contribution in [2.45, 2.75) is 44.4 Å². The standard InChI is InChI=1S/C11H17NO2/c13-7-3-1-2-4-11-12-10(8-14-11)9-5-6-9/h8-9,13H,1-7H2. The zero-order chi connectivity index (χ0) is 9.80. The highest BCUT2D eigenvalue weighted by molar-refractivity contribution is 5.10. The molecule has 0 radical (unpaired) electrons. The van der Waals surface area contributed by atoms with Gasteiger partial charge >= 0.3 is 0 Å². The van der Waals surface area contributed by atoms with E-state index in [-0.39, 0.29) is 0 Å². The summed E-state index contributed by atoms with van der Waals surface area (Å²) in [6, 6.07) is 0. The van der Waals surface area contributed by atoms with E-state index in [2.05, 4.69) is 4.98 Å². The van der Waals surface area contributed by atoms with Gasteiger partial charge in [-0.25, -0.2) is 4.98 Å². The largest absolute Gasteiger partial charge is 0.449 e. The predicted octanol–water partition coefficient (Wildman–Crippen LogP) is 2.26. The van der Waals surface area contributed by atoms with E-state index in [0.717, 1.165) is 37.3 Å². The molecule has 1 saturated carbocycles. The summed E-state index contributed by atoms with van der Waals surface area (Å²) in [6.07, 6.45) is 8.26. The minimum atomic E-state index is 0.291. The van der Waals surface area contributed by atoms with Crippen LogP contribution in [0.25, 0.3) is 0 Å². The maximum atomic E-state index is 8.61. The third-order valence-electron chi connectivity index (χ3n) is 2.61. The number of aryl methyl sites for hydroxylation is 1. The van der Waals surface area contributed by atoms with Gasteiger partial charge in [-0.2, -0.15) is 0 Å². The number of unbranched alkanes of at least 4 members (excludes halogenated alkanes) is 2. The molecule has 0 atom stereocenters. The Morgan fingerprint density at radius 2 is 2.21 bits per heavy atom. The van der Waals surface area contributed by atoms with Gasteiger partial charge in [0.15, 0.2) is 5.89 Å². The number of aliphatic hydroxyl groups excluding tert-OH is 1. The lowest BCUT2D eigenvalue weighted by Crippen LogP contribution is -1.89. The second-order valence-electron chi connectivity index (χ2n) is 3.97. The summed E-state index contributed by atoms with van der Waals surface area (Å²) in [7, 11) is 0. The van der Waals surface area contributed by atoms with Crippen LogP contribution in [-0.4, -0.2) is 16.7 Å². The van der Waals surface area contributed by atoms with Gasteiger partial charge in [-0.05, 0) is 25.7 Å². The third kappa shape index (κ3) is 2.58. The molecule has 0 aromatic carbocycles. The summed E-state index contributed by atoms with van der Waals surface area (Å²) in [5.41, 5.74) is 1.14. The minimum Gasteiger partial charge on any atom is -0.449 e. The van der Waals surface area contributed by atoms with Crippen molar-refractivity contribution in [2.75, 3.05) is 6.61 Å². The van der Waals surface area contributed by atoms with Crippen molar-refractivity contribution >= 4 is 0 Å². The zero-order valence-corrected chi connectivity index (χ0v) is 8.41. The Labute approximate surface area is 84.2 Å². The molecule has 1 aliphatic carbocycles. The van der Waals surface area contributed by atoms with Crippen LogP contribution in [0.15, 0.2) is 10.7 Å². The van der Waals surface area contributed by atoms with Crippen LogP contribution < -0.4 is 0 Å². The lowest BCUT2D eigenvalue weighted by molar-refractivity contribution is 0.282. The van der Waals surface area contributed by atoms with Crippen LogP contribution in [0.4, 0.5) is 0 Å². The summed E-state index contributed by atoms with van der Waals surface area (Å²) < 4.78 is 5.37. The molecule has 1 aliphatic rings. The quantitative estimate of drug-likeness (QED) is 0.708. The molecule has 1 aromatic rings. The van der Waals surface area contributed by atoms with Crippen molar-refractivity contribution in [3.05, 3.63) is 17.8 Å². The monoisotopic (exact) mass is 195 g/mol. The highest BCUT2D eigenvalue weighted by Gasteiger charge is 2.26. The predicted molar refractivity (Wildman–Crippen MR) is 53.1 cm³/mol. The van der Waals surface area contributed by atoms with E-state index in [0.29, 0.717) is 12.5 Å². The summed E-state index contributed by atoms with van der Waals surface area (Å²) in [4.78, 5) is 4.44. The van der Waals surface area contributed by atoms with Crippen molar-refractivity contribution in [2.24, 2.45) is 0 Å². The van der Waals surface area contributed by atoms with Gasteiger partial charge in [0.1, 0.15) is 6.26 Å². The van der Waals surface area contributed by atoms with Crippen LogP contribution >= 0.6 is 0 Å². The normalized spacial score (nSPS) is 16.1. The lowest BCUT2D eigenvalue weighted by Gasteiger charge is -1.94. The minimum absolute atomic E-state index is 0.291. The Hall–Kier alpha value is -0.830. The van der Waals surface area contributed by atoms with Gasteiger partial charge < -0.3 is 9.52 Å². The van der Waals surface area contributed by atoms with Crippen LogP contribution in [0, 0.1) is 0 Å². The second-order valence-corrected chi connectivity index (χ2v) is 3.97. The molecule has 0 unspecified atom stereocenters. The molecular weight excluding hydrogens is 178 g/mol. The number of nitrogens with zero attached hydrogens (tertiary/aromatic N) is 1. The van der Waals surface area contributed by atoms with Gasteiger partial charge in [-0.1, -0.05) is 6.42 Å². The SMILES string of the molecule is OCCCCCc1nc(C2CC2)co1. The Kier molecular flexibility index (Phi) is 3.19. The van der Waals surface area contributed by atoms with Crippen LogP contribution in [0.3, 0.4) is 0 Å². The summed E-state index contributed by atoms with van der Waals surface area (Å²) in [5.74, 6) is 1.55. The van der Waals surface area contributed by atoms with Crippen molar-refractivity contribution in [1.29, 1.82) is 0 Å². The molecule has 78 valence electrons. The number of aliphatic hydroxyl groups is 1. The zero-order valence-electron chi connectivity index (χ0n) is 8.41. The number of rotatable bonds is 6. The molecule has 0 saturated heterocycles. The number of hydrogen-bond acceptors (Lipinski definition) is 3. The van der Waals surface area contributed by atoms with Gasteiger partial charge in [0, 0.05) is 18.9 Å². The maximum absolute atomic E-state index is 8.61. The average Bonchev–Trinajstić information content (AvgIpc) is 2.94. The summed E-state index contributed by atoms with van der Waals surface area (Å²) >= 11 is 0. The Bertz CT molecular complexity index is 279. The molecule has 1 N–H and O–H groups in total. The first-order chi connectivity index (χ1) is 6.90. The molecule has 0 aliphatic heterocycles. The van der Waals surface area contributed by atoms with Gasteiger partial charge in [0.05, 0.1) is 5.69 Å². The first-order valence-electron chi connectivity index (χ1n) is 5.45. The van der Waals surface area contributed by atoms with Gasteiger partial charge in [-0.15, -0.1) is 0 Å². The van der Waals surface area contributed by atoms with Gasteiger partial charge in [0.25, 0.3) is 0 Å². The van der Waals surface area contributed by atoms with Gasteiger partial charge in [-0.3, -0.25) is 0 Å². The van der Waals surface area contributed by atoms with Gasteiger partial charge in [0.2, 0.25) is 0 Å². The number of oxazole rings is 1. The van der Waals surface area contributed by atoms with Crippen molar-refractivity contribution in [3.63, 3.8) is 0 Å². The molecule has 3 nitrogen and oxygen atoms in total. The molecule has 0 bridgehead atoms. The summed E-state index contributed by atoms with van der Waals surface area (Å²) in [6.45, 7) is 0.291. The van der Waals surface area contributed by atoms with Crippen molar-refractivity contribution < 1.29 is 9.52 Å². The third-order valence-corrected chi connectivity index (χ3v) is 2.61. The first-order valence-corrected chi connectivity index (χ1v) is 5.45. The maximum Gasteiger partial charge on any atom is 0.194 e. The molecule has 2 rings (SSSR count). The first kappa shape index (κ1) is 9.71. The van der Waals surface area contributed by atoms with E-state index in [1.165, 1.54) is 12.8 Å². The number of aromatic nitrogens is 1. The molecule has 14 heavy (non-hydrogen) atoms. The topological polar surface area (TPSA) is 46.3 Å². The average molecular weight is 195 g/mol. The molecule has 1 aromatic heterocycles. The van der Waals surface area contributed by atoms with Crippen LogP contribution in [0.5, 0.6) is 0 Å². The Balaban J connectivity index is 1.72. The highest BCUT2D eigenvalue weighted by Crippen LogP contribution is 2.39.